The second-order valence-corrected chi connectivity index (χ2v) is 12.4. The van der Waals surface area contributed by atoms with Crippen molar-refractivity contribution < 1.29 is 14.3 Å². The summed E-state index contributed by atoms with van der Waals surface area (Å²) in [5.74, 6) is 2.38. The first-order chi connectivity index (χ1) is 20.6. The molecule has 42 heavy (non-hydrogen) atoms. The van der Waals surface area contributed by atoms with Gasteiger partial charge < -0.3 is 9.47 Å². The third-order valence-electron chi connectivity index (χ3n) is 8.76. The maximum Gasteiger partial charge on any atom is 0.343 e. The minimum absolute atomic E-state index is 0.386. The number of hydrogen-bond acceptors (Lipinski definition) is 3. The van der Waals surface area contributed by atoms with Crippen molar-refractivity contribution in [2.45, 2.75) is 110 Å². The van der Waals surface area contributed by atoms with Gasteiger partial charge in [0.05, 0.1) is 12.2 Å². The van der Waals surface area contributed by atoms with Crippen LogP contribution in [0.15, 0.2) is 66.7 Å². The average Bonchev–Trinajstić information content (AvgIpc) is 3.02. The normalized spacial score (nSPS) is 16.7. The number of halogens is 1. The molecule has 0 unspecified atom stereocenters. The molecule has 0 aromatic heterocycles. The van der Waals surface area contributed by atoms with Crippen molar-refractivity contribution in [2.75, 3.05) is 6.61 Å². The van der Waals surface area contributed by atoms with E-state index in [1.165, 1.54) is 89.0 Å². The molecule has 0 bridgehead atoms. The maximum absolute atomic E-state index is 12.9. The second-order valence-electron chi connectivity index (χ2n) is 12.0. The van der Waals surface area contributed by atoms with Crippen molar-refractivity contribution in [3.05, 3.63) is 82.9 Å². The highest BCUT2D eigenvalue weighted by Crippen LogP contribution is 2.40. The topological polar surface area (TPSA) is 35.5 Å². The highest BCUT2D eigenvalue weighted by molar-refractivity contribution is 6.31. The van der Waals surface area contributed by atoms with Crippen LogP contribution in [0.2, 0.25) is 5.02 Å². The average molecular weight is 589 g/mol. The van der Waals surface area contributed by atoms with Crippen molar-refractivity contribution >= 4 is 17.6 Å². The van der Waals surface area contributed by atoms with E-state index in [4.69, 9.17) is 21.1 Å². The lowest BCUT2D eigenvalue weighted by Crippen LogP contribution is -2.14. The zero-order valence-electron chi connectivity index (χ0n) is 25.7. The lowest BCUT2D eigenvalue weighted by Gasteiger charge is -2.29. The number of rotatable bonds is 16. The Labute approximate surface area is 259 Å². The minimum atomic E-state index is -0.386. The number of benzene rings is 3. The molecule has 3 aromatic carbocycles. The summed E-state index contributed by atoms with van der Waals surface area (Å²) in [7, 11) is 0. The van der Waals surface area contributed by atoms with Crippen molar-refractivity contribution in [3.63, 3.8) is 0 Å². The third-order valence-corrected chi connectivity index (χ3v) is 9.09. The Balaban J connectivity index is 1.24. The first kappa shape index (κ1) is 32.1. The van der Waals surface area contributed by atoms with Crippen LogP contribution in [0, 0.1) is 5.92 Å². The second kappa shape index (κ2) is 17.4. The van der Waals surface area contributed by atoms with Crippen LogP contribution in [0.5, 0.6) is 11.5 Å². The van der Waals surface area contributed by atoms with Gasteiger partial charge in [-0.3, -0.25) is 0 Å². The van der Waals surface area contributed by atoms with E-state index < -0.39 is 0 Å². The molecule has 1 aliphatic carbocycles. The zero-order chi connectivity index (χ0) is 29.6. The van der Waals surface area contributed by atoms with Crippen molar-refractivity contribution in [1.29, 1.82) is 0 Å². The predicted molar refractivity (Wildman–Crippen MR) is 176 cm³/mol. The Kier molecular flexibility index (Phi) is 13.3. The summed E-state index contributed by atoms with van der Waals surface area (Å²) in [6, 6.07) is 21.5. The molecule has 1 saturated carbocycles. The Morgan fingerprint density at radius 3 is 1.95 bits per heavy atom. The van der Waals surface area contributed by atoms with Crippen molar-refractivity contribution in [3.8, 4) is 22.6 Å². The van der Waals surface area contributed by atoms with Gasteiger partial charge in [-0.25, -0.2) is 4.79 Å². The fourth-order valence-corrected chi connectivity index (χ4v) is 6.46. The Bertz CT molecular complexity index is 1210. The third kappa shape index (κ3) is 9.90. The lowest BCUT2D eigenvalue weighted by atomic mass is 9.77. The molecule has 226 valence electrons. The van der Waals surface area contributed by atoms with Crippen molar-refractivity contribution in [1.82, 2.24) is 0 Å². The van der Waals surface area contributed by atoms with Gasteiger partial charge in [-0.2, -0.15) is 0 Å². The summed E-state index contributed by atoms with van der Waals surface area (Å²) in [5, 5.41) is 0.675. The molecule has 4 heteroatoms. The fraction of sp³-hybridized carbons (Fsp3) is 0.500. The van der Waals surface area contributed by atoms with Gasteiger partial charge in [0.2, 0.25) is 0 Å². The van der Waals surface area contributed by atoms with Gasteiger partial charge in [0.15, 0.2) is 0 Å². The van der Waals surface area contributed by atoms with Crippen LogP contribution in [0.3, 0.4) is 0 Å². The lowest BCUT2D eigenvalue weighted by molar-refractivity contribution is 0.0734. The van der Waals surface area contributed by atoms with Gasteiger partial charge in [-0.05, 0) is 97.0 Å². The van der Waals surface area contributed by atoms with E-state index in [0.717, 1.165) is 35.8 Å². The largest absolute Gasteiger partial charge is 0.494 e. The number of hydrogen-bond donors (Lipinski definition) is 0. The molecule has 0 atom stereocenters. The quantitative estimate of drug-likeness (QED) is 0.0948. The zero-order valence-corrected chi connectivity index (χ0v) is 26.5. The van der Waals surface area contributed by atoms with Gasteiger partial charge in [-0.15, -0.1) is 0 Å². The summed E-state index contributed by atoms with van der Waals surface area (Å²) in [6.45, 7) is 5.27. The summed E-state index contributed by atoms with van der Waals surface area (Å²) in [4.78, 5) is 12.9. The van der Waals surface area contributed by atoms with Crippen LogP contribution in [-0.2, 0) is 0 Å². The number of ether oxygens (including phenoxy) is 2. The number of esters is 1. The van der Waals surface area contributed by atoms with Crippen LogP contribution in [0.1, 0.15) is 126 Å². The van der Waals surface area contributed by atoms with E-state index in [1.807, 2.05) is 48.5 Å². The molecule has 0 heterocycles. The van der Waals surface area contributed by atoms with E-state index in [-0.39, 0.29) is 5.97 Å². The molecule has 1 fully saturated rings. The predicted octanol–water partition coefficient (Wildman–Crippen LogP) is 11.8. The Hall–Kier alpha value is -2.78. The number of carbonyl (C=O) groups excluding carboxylic acids is 1. The molecular weight excluding hydrogens is 540 g/mol. The molecule has 0 N–H and O–H groups in total. The number of carbonyl (C=O) groups is 1. The van der Waals surface area contributed by atoms with E-state index in [0.29, 0.717) is 22.3 Å². The maximum atomic E-state index is 12.9. The summed E-state index contributed by atoms with van der Waals surface area (Å²) < 4.78 is 11.6. The summed E-state index contributed by atoms with van der Waals surface area (Å²) in [5.41, 5.74) is 3.81. The van der Waals surface area contributed by atoms with E-state index in [2.05, 4.69) is 26.0 Å². The summed E-state index contributed by atoms with van der Waals surface area (Å²) in [6.07, 6.45) is 17.8. The summed E-state index contributed by atoms with van der Waals surface area (Å²) >= 11 is 6.69. The first-order valence-corrected chi connectivity index (χ1v) is 16.8. The van der Waals surface area contributed by atoms with Crippen LogP contribution in [0.4, 0.5) is 0 Å². The molecule has 0 saturated heterocycles. The standard InChI is InChI=1S/C38H49ClO3/c1-3-5-7-8-9-11-27-41-34-22-17-30(18-23-34)31-19-24-35(25-20-31)42-38(40)33-21-26-36(37(39)28-33)32-15-13-29(14-16-32)12-10-6-4-2/h17-26,28-29,32H,3-16,27H2,1-2H3. The molecule has 0 amide bonds. The van der Waals surface area contributed by atoms with E-state index in [1.54, 1.807) is 6.07 Å². The molecule has 0 radical (unpaired) electrons. The number of unbranched alkanes of at least 4 members (excludes halogenated alkanes) is 7. The van der Waals surface area contributed by atoms with Crippen LogP contribution >= 0.6 is 11.6 Å². The van der Waals surface area contributed by atoms with Crippen LogP contribution in [0.25, 0.3) is 11.1 Å². The van der Waals surface area contributed by atoms with Crippen LogP contribution < -0.4 is 9.47 Å². The van der Waals surface area contributed by atoms with Crippen LogP contribution in [-0.4, -0.2) is 12.6 Å². The van der Waals surface area contributed by atoms with Gasteiger partial charge >= 0.3 is 5.97 Å². The van der Waals surface area contributed by atoms with Crippen molar-refractivity contribution in [2.24, 2.45) is 5.92 Å². The molecule has 0 aliphatic heterocycles. The Morgan fingerprint density at radius 1 is 0.714 bits per heavy atom. The van der Waals surface area contributed by atoms with Gasteiger partial charge in [-0.1, -0.05) is 114 Å². The molecule has 1 aliphatic rings. The molecule has 3 nitrogen and oxygen atoms in total. The Morgan fingerprint density at radius 2 is 1.31 bits per heavy atom. The van der Waals surface area contributed by atoms with Gasteiger partial charge in [0, 0.05) is 5.02 Å². The first-order valence-electron chi connectivity index (χ1n) is 16.4. The monoisotopic (exact) mass is 588 g/mol. The highest BCUT2D eigenvalue weighted by Gasteiger charge is 2.24. The van der Waals surface area contributed by atoms with Gasteiger partial charge in [0.1, 0.15) is 11.5 Å². The van der Waals surface area contributed by atoms with E-state index in [9.17, 15) is 4.79 Å². The SMILES string of the molecule is CCCCCCCCOc1ccc(-c2ccc(OC(=O)c3ccc(C4CCC(CCCCC)CC4)c(Cl)c3)cc2)cc1. The van der Waals surface area contributed by atoms with Gasteiger partial charge in [0.25, 0.3) is 0 Å². The molecule has 3 aromatic rings. The highest BCUT2D eigenvalue weighted by atomic mass is 35.5. The molecular formula is C38H49ClO3. The smallest absolute Gasteiger partial charge is 0.343 e. The molecule has 0 spiro atoms. The molecule has 4 rings (SSSR count). The fourth-order valence-electron chi connectivity index (χ4n) is 6.13. The van der Waals surface area contributed by atoms with E-state index >= 15 is 0 Å². The minimum Gasteiger partial charge on any atom is -0.494 e.